The van der Waals surface area contributed by atoms with E-state index in [4.69, 9.17) is 0 Å². The van der Waals surface area contributed by atoms with Gasteiger partial charge in [0.2, 0.25) is 0 Å². The van der Waals surface area contributed by atoms with Crippen LogP contribution in [0.25, 0.3) is 117 Å². The molecule has 0 unspecified atom stereocenters. The van der Waals surface area contributed by atoms with Gasteiger partial charge in [-0.2, -0.15) is 0 Å². The highest BCUT2D eigenvalue weighted by atomic mass is 32.1. The van der Waals surface area contributed by atoms with E-state index in [0.29, 0.717) is 0 Å². The third kappa shape index (κ3) is 4.42. The molecular weight excluding hydrogens is 689 g/mol. The van der Waals surface area contributed by atoms with Crippen LogP contribution in [-0.2, 0) is 0 Å². The molecule has 0 bridgehead atoms. The normalized spacial score (nSPS) is 12.1. The molecule has 2 aromatic heterocycles. The average molecular weight is 719 g/mol. The van der Waals surface area contributed by atoms with Crippen molar-refractivity contribution < 1.29 is 0 Å². The highest BCUT2D eigenvalue weighted by Gasteiger charge is 2.18. The van der Waals surface area contributed by atoms with Crippen LogP contribution < -0.4 is 0 Å². The first-order chi connectivity index (χ1) is 26.8. The Labute approximate surface area is 319 Å². The number of thiophene rings is 2. The maximum Gasteiger partial charge on any atom is 0.0362 e. The highest BCUT2D eigenvalue weighted by Crippen LogP contribution is 2.47. The summed E-state index contributed by atoms with van der Waals surface area (Å²) in [4.78, 5) is 0. The van der Waals surface area contributed by atoms with Crippen molar-refractivity contribution >= 4 is 106 Å². The first-order valence-corrected chi connectivity index (χ1v) is 20.1. The van der Waals surface area contributed by atoms with Crippen LogP contribution in [0.3, 0.4) is 0 Å². The zero-order valence-electron chi connectivity index (χ0n) is 29.1. The minimum absolute atomic E-state index is 1.23. The lowest BCUT2D eigenvalue weighted by atomic mass is 9.84. The smallest absolute Gasteiger partial charge is 0.0362 e. The molecular formula is C52H30S2. The topological polar surface area (TPSA) is 0 Å². The summed E-state index contributed by atoms with van der Waals surface area (Å²) in [6, 6.07) is 67.8. The van der Waals surface area contributed by atoms with E-state index in [2.05, 4.69) is 182 Å². The van der Waals surface area contributed by atoms with Crippen LogP contribution in [-0.4, -0.2) is 0 Å². The van der Waals surface area contributed by atoms with Crippen LogP contribution >= 0.6 is 22.7 Å². The van der Waals surface area contributed by atoms with Crippen molar-refractivity contribution in [1.29, 1.82) is 0 Å². The fourth-order valence-electron chi connectivity index (χ4n) is 9.00. The fourth-order valence-corrected chi connectivity index (χ4v) is 11.3. The predicted octanol–water partition coefficient (Wildman–Crippen LogP) is 16.0. The summed E-state index contributed by atoms with van der Waals surface area (Å²) in [5.41, 5.74) is 7.59. The van der Waals surface area contributed by atoms with Crippen LogP contribution in [0, 0.1) is 0 Å². The van der Waals surface area contributed by atoms with E-state index < -0.39 is 0 Å². The second-order valence-corrected chi connectivity index (χ2v) is 16.5. The minimum Gasteiger partial charge on any atom is -0.135 e. The van der Waals surface area contributed by atoms with Crippen LogP contribution in [0.2, 0.25) is 0 Å². The van der Waals surface area contributed by atoms with Crippen molar-refractivity contribution in [1.82, 2.24) is 0 Å². The fraction of sp³-hybridized carbons (Fsp3) is 0. The molecule has 250 valence electrons. The molecule has 2 heterocycles. The quantitative estimate of drug-likeness (QED) is 0.160. The van der Waals surface area contributed by atoms with E-state index in [9.17, 15) is 0 Å². The van der Waals surface area contributed by atoms with E-state index >= 15 is 0 Å². The maximum atomic E-state index is 2.44. The molecule has 2 heteroatoms. The second kappa shape index (κ2) is 11.6. The molecule has 0 nitrogen and oxygen atoms in total. The van der Waals surface area contributed by atoms with E-state index in [1.165, 1.54) is 117 Å². The van der Waals surface area contributed by atoms with Crippen LogP contribution in [0.4, 0.5) is 0 Å². The number of fused-ring (bicyclic) bond motifs is 11. The lowest BCUT2D eigenvalue weighted by molar-refractivity contribution is 1.64. The molecule has 0 atom stereocenters. The second-order valence-electron chi connectivity index (χ2n) is 14.4. The highest BCUT2D eigenvalue weighted by molar-refractivity contribution is 7.27. The third-order valence-electron chi connectivity index (χ3n) is 11.5. The van der Waals surface area contributed by atoms with Crippen molar-refractivity contribution in [3.8, 4) is 33.4 Å². The molecule has 12 rings (SSSR count). The van der Waals surface area contributed by atoms with Crippen molar-refractivity contribution in [2.24, 2.45) is 0 Å². The summed E-state index contributed by atoms with van der Waals surface area (Å²) in [7, 11) is 0. The molecule has 0 saturated heterocycles. The molecule has 0 aliphatic carbocycles. The van der Waals surface area contributed by atoms with Crippen LogP contribution in [0.5, 0.6) is 0 Å². The van der Waals surface area contributed by atoms with Gasteiger partial charge >= 0.3 is 0 Å². The number of rotatable bonds is 3. The summed E-state index contributed by atoms with van der Waals surface area (Å²) in [6.45, 7) is 0. The van der Waals surface area contributed by atoms with Crippen LogP contribution in [0.1, 0.15) is 0 Å². The molecule has 0 fully saturated rings. The molecule has 0 amide bonds. The van der Waals surface area contributed by atoms with Crippen LogP contribution in [0.15, 0.2) is 182 Å². The Morgan fingerprint density at radius 2 is 0.778 bits per heavy atom. The van der Waals surface area contributed by atoms with E-state index in [-0.39, 0.29) is 0 Å². The molecule has 12 aromatic rings. The molecule has 0 spiro atoms. The first-order valence-electron chi connectivity index (χ1n) is 18.5. The minimum atomic E-state index is 1.23. The van der Waals surface area contributed by atoms with Gasteiger partial charge in [-0.05, 0) is 101 Å². The molecule has 10 aromatic carbocycles. The molecule has 0 aliphatic rings. The number of hydrogen-bond acceptors (Lipinski definition) is 2. The van der Waals surface area contributed by atoms with Gasteiger partial charge in [-0.3, -0.25) is 0 Å². The van der Waals surface area contributed by atoms with Crippen molar-refractivity contribution in [3.05, 3.63) is 182 Å². The lowest BCUT2D eigenvalue weighted by Gasteiger charge is -2.19. The molecule has 0 radical (unpaired) electrons. The monoisotopic (exact) mass is 718 g/mol. The third-order valence-corrected chi connectivity index (χ3v) is 13.7. The average Bonchev–Trinajstić information content (AvgIpc) is 3.78. The molecule has 0 N–H and O–H groups in total. The summed E-state index contributed by atoms with van der Waals surface area (Å²) in [5.74, 6) is 0. The lowest BCUT2D eigenvalue weighted by Crippen LogP contribution is -1.91. The predicted molar refractivity (Wildman–Crippen MR) is 239 cm³/mol. The van der Waals surface area contributed by atoms with Gasteiger partial charge in [-0.1, -0.05) is 158 Å². The van der Waals surface area contributed by atoms with Gasteiger partial charge in [-0.15, -0.1) is 22.7 Å². The maximum absolute atomic E-state index is 2.44. The Balaban J connectivity index is 0.984. The van der Waals surface area contributed by atoms with Gasteiger partial charge in [0.15, 0.2) is 0 Å². The summed E-state index contributed by atoms with van der Waals surface area (Å²) in [6.07, 6.45) is 0. The Kier molecular flexibility index (Phi) is 6.48. The van der Waals surface area contributed by atoms with Crippen molar-refractivity contribution in [2.75, 3.05) is 0 Å². The van der Waals surface area contributed by atoms with E-state index in [1.807, 2.05) is 22.7 Å². The largest absolute Gasteiger partial charge is 0.135 e. The van der Waals surface area contributed by atoms with Gasteiger partial charge < -0.3 is 0 Å². The van der Waals surface area contributed by atoms with Crippen molar-refractivity contribution in [3.63, 3.8) is 0 Å². The SMILES string of the molecule is c1ccc2c(-c3c4ccccc4c(-c4ccc(-c5ccc6c(c5)sc5cc7c(cc56)sc5ccc6ccccc6c57)cc4)c4ccccc34)cccc2c1. The first kappa shape index (κ1) is 30.2. The Bertz CT molecular complexity index is 3430. The Morgan fingerprint density at radius 3 is 1.52 bits per heavy atom. The Morgan fingerprint density at radius 1 is 0.259 bits per heavy atom. The summed E-state index contributed by atoms with van der Waals surface area (Å²) >= 11 is 3.82. The van der Waals surface area contributed by atoms with Gasteiger partial charge in [0.1, 0.15) is 0 Å². The number of benzene rings is 10. The Hall–Kier alpha value is -6.32. The standard InChI is InChI=1S/C52H30S2/c1-3-13-36-32(10-1)12-9-19-39(36)51-42-17-7-5-15-40(42)50(41-16-6-8-18-43(41)51)34-22-20-31(21-23-34)35-24-26-38-44-29-49-45(30-48(44)54-47(38)28-35)52-37-14-4-2-11-33(37)25-27-46(52)53-49/h1-30H. The molecule has 0 aliphatic heterocycles. The summed E-state index contributed by atoms with van der Waals surface area (Å²) in [5, 5.41) is 15.7. The van der Waals surface area contributed by atoms with Gasteiger partial charge in [0.25, 0.3) is 0 Å². The summed E-state index contributed by atoms with van der Waals surface area (Å²) < 4.78 is 5.40. The van der Waals surface area contributed by atoms with E-state index in [0.717, 1.165) is 0 Å². The van der Waals surface area contributed by atoms with Crippen molar-refractivity contribution in [2.45, 2.75) is 0 Å². The van der Waals surface area contributed by atoms with Gasteiger partial charge in [-0.25, -0.2) is 0 Å². The molecule has 54 heavy (non-hydrogen) atoms. The van der Waals surface area contributed by atoms with E-state index in [1.54, 1.807) is 0 Å². The zero-order valence-corrected chi connectivity index (χ0v) is 30.8. The molecule has 0 saturated carbocycles. The zero-order chi connectivity index (χ0) is 35.3. The van der Waals surface area contributed by atoms with Gasteiger partial charge in [0.05, 0.1) is 0 Å². The van der Waals surface area contributed by atoms with Gasteiger partial charge in [0, 0.05) is 40.3 Å². The number of hydrogen-bond donors (Lipinski definition) is 0.